The van der Waals surface area contributed by atoms with E-state index in [-0.39, 0.29) is 29.1 Å². The van der Waals surface area contributed by atoms with E-state index >= 15 is 0 Å². The van der Waals surface area contributed by atoms with Crippen molar-refractivity contribution in [2.45, 2.75) is 71.9 Å². The lowest BCUT2D eigenvalue weighted by atomic mass is 9.72. The molecule has 1 aliphatic heterocycles. The molecule has 2 aliphatic rings. The summed E-state index contributed by atoms with van der Waals surface area (Å²) >= 11 is 0. The highest BCUT2D eigenvalue weighted by Gasteiger charge is 2.40. The minimum Gasteiger partial charge on any atom is -0.362 e. The number of hydrogen-bond donors (Lipinski definition) is 1. The van der Waals surface area contributed by atoms with Crippen LogP contribution in [0.25, 0.3) is 0 Å². The third kappa shape index (κ3) is 5.92. The molecule has 38 heavy (non-hydrogen) atoms. The Kier molecular flexibility index (Phi) is 7.69. The van der Waals surface area contributed by atoms with Crippen molar-refractivity contribution in [1.82, 2.24) is 5.32 Å². The van der Waals surface area contributed by atoms with Crippen LogP contribution in [0.2, 0.25) is 0 Å². The van der Waals surface area contributed by atoms with Gasteiger partial charge in [0.1, 0.15) is 5.82 Å². The molecular weight excluding hydrogens is 494 g/mol. The van der Waals surface area contributed by atoms with Crippen molar-refractivity contribution < 1.29 is 27.2 Å². The van der Waals surface area contributed by atoms with Crippen molar-refractivity contribution in [1.29, 1.82) is 0 Å². The molecule has 0 bridgehead atoms. The molecule has 4 rings (SSSR count). The fourth-order valence-electron chi connectivity index (χ4n) is 5.54. The van der Waals surface area contributed by atoms with Gasteiger partial charge >= 0.3 is 6.18 Å². The zero-order valence-corrected chi connectivity index (χ0v) is 22.1. The van der Waals surface area contributed by atoms with Crippen LogP contribution in [0.1, 0.15) is 87.2 Å². The summed E-state index contributed by atoms with van der Waals surface area (Å²) in [7, 11) is 0. The average molecular weight is 528 g/mol. The quantitative estimate of drug-likeness (QED) is 0.305. The first-order chi connectivity index (χ1) is 17.8. The van der Waals surface area contributed by atoms with Gasteiger partial charge < -0.3 is 5.32 Å². The van der Waals surface area contributed by atoms with Crippen LogP contribution in [-0.2, 0) is 11.0 Å². The molecule has 2 aromatic carbocycles. The summed E-state index contributed by atoms with van der Waals surface area (Å²) in [6, 6.07) is 9.94. The SMILES string of the molecule is CC1=C(C(=O)CC(C)(C)C)C(c2ccc(F)cc2)C(C(=O)c2ccc(C(F)(F)F)cc2)=C(C2CCCC2)N1. The molecule has 1 saturated carbocycles. The Labute approximate surface area is 221 Å². The maximum atomic E-state index is 14.2. The molecule has 3 nitrogen and oxygen atoms in total. The lowest BCUT2D eigenvalue weighted by Gasteiger charge is -2.35. The van der Waals surface area contributed by atoms with Gasteiger partial charge in [0.05, 0.1) is 5.56 Å². The summed E-state index contributed by atoms with van der Waals surface area (Å²) in [6.07, 6.45) is -0.568. The number of carbonyl (C=O) groups excluding carboxylic acids is 2. The molecule has 1 aliphatic carbocycles. The molecule has 202 valence electrons. The van der Waals surface area contributed by atoms with Gasteiger partial charge in [-0.15, -0.1) is 0 Å². The summed E-state index contributed by atoms with van der Waals surface area (Å²) < 4.78 is 53.5. The third-order valence-electron chi connectivity index (χ3n) is 7.27. The number of allylic oxidation sites excluding steroid dienone is 4. The van der Waals surface area contributed by atoms with Crippen molar-refractivity contribution in [3.63, 3.8) is 0 Å². The van der Waals surface area contributed by atoms with Crippen LogP contribution in [0, 0.1) is 17.2 Å². The predicted molar refractivity (Wildman–Crippen MR) is 139 cm³/mol. The molecule has 0 spiro atoms. The van der Waals surface area contributed by atoms with E-state index in [2.05, 4.69) is 5.32 Å². The van der Waals surface area contributed by atoms with Crippen molar-refractivity contribution in [3.05, 3.63) is 93.6 Å². The van der Waals surface area contributed by atoms with Gasteiger partial charge in [0.2, 0.25) is 0 Å². The van der Waals surface area contributed by atoms with E-state index in [4.69, 9.17) is 0 Å². The molecule has 1 atom stereocenters. The van der Waals surface area contributed by atoms with E-state index in [9.17, 15) is 27.2 Å². The normalized spacial score (nSPS) is 19.1. The van der Waals surface area contributed by atoms with Crippen LogP contribution in [0.3, 0.4) is 0 Å². The number of dihydropyridines is 1. The Balaban J connectivity index is 1.91. The van der Waals surface area contributed by atoms with Gasteiger partial charge in [0.15, 0.2) is 11.6 Å². The molecule has 7 heteroatoms. The van der Waals surface area contributed by atoms with E-state index in [1.807, 2.05) is 27.7 Å². The lowest BCUT2D eigenvalue weighted by molar-refractivity contribution is -0.137. The van der Waals surface area contributed by atoms with E-state index in [1.165, 1.54) is 24.3 Å². The Morgan fingerprint density at radius 1 is 0.895 bits per heavy atom. The van der Waals surface area contributed by atoms with Crippen LogP contribution in [0.5, 0.6) is 0 Å². The number of benzene rings is 2. The van der Waals surface area contributed by atoms with Gasteiger partial charge in [-0.25, -0.2) is 4.39 Å². The van der Waals surface area contributed by atoms with Crippen molar-refractivity contribution >= 4 is 11.6 Å². The van der Waals surface area contributed by atoms with Gasteiger partial charge in [0, 0.05) is 40.4 Å². The second-order valence-electron chi connectivity index (χ2n) is 11.5. The highest BCUT2D eigenvalue weighted by atomic mass is 19.4. The Morgan fingerprint density at radius 3 is 2.00 bits per heavy atom. The highest BCUT2D eigenvalue weighted by molar-refractivity contribution is 6.13. The second kappa shape index (κ2) is 10.5. The number of ketones is 2. The van der Waals surface area contributed by atoms with Gasteiger partial charge in [-0.3, -0.25) is 9.59 Å². The number of nitrogens with one attached hydrogen (secondary N) is 1. The van der Waals surface area contributed by atoms with Crippen molar-refractivity contribution in [2.75, 3.05) is 0 Å². The summed E-state index contributed by atoms with van der Waals surface area (Å²) in [5, 5.41) is 3.39. The highest BCUT2D eigenvalue weighted by Crippen LogP contribution is 2.45. The fourth-order valence-corrected chi connectivity index (χ4v) is 5.54. The van der Waals surface area contributed by atoms with Gasteiger partial charge in [-0.2, -0.15) is 13.2 Å². The maximum absolute atomic E-state index is 14.2. The lowest BCUT2D eigenvalue weighted by Crippen LogP contribution is -2.35. The van der Waals surface area contributed by atoms with Crippen LogP contribution in [0.15, 0.2) is 71.1 Å². The van der Waals surface area contributed by atoms with Gasteiger partial charge in [-0.05, 0) is 60.9 Å². The first-order valence-electron chi connectivity index (χ1n) is 13.0. The van der Waals surface area contributed by atoms with Crippen LogP contribution < -0.4 is 5.32 Å². The molecule has 1 fully saturated rings. The molecule has 1 unspecified atom stereocenters. The largest absolute Gasteiger partial charge is 0.416 e. The Hall–Kier alpha value is -3.22. The zero-order valence-electron chi connectivity index (χ0n) is 22.1. The van der Waals surface area contributed by atoms with E-state index in [0.717, 1.165) is 37.8 Å². The number of halogens is 4. The molecule has 2 aromatic rings. The van der Waals surface area contributed by atoms with E-state index < -0.39 is 29.3 Å². The zero-order chi connectivity index (χ0) is 27.8. The number of carbonyl (C=O) groups is 2. The second-order valence-corrected chi connectivity index (χ2v) is 11.5. The third-order valence-corrected chi connectivity index (χ3v) is 7.27. The topological polar surface area (TPSA) is 46.2 Å². The standard InChI is InChI=1S/C31H33F4NO2/c1-18-25(24(37)17-30(2,3)4)26(19-11-15-23(32)16-12-19)27(28(36-18)20-7-5-6-8-20)29(38)21-9-13-22(14-10-21)31(33,34)35/h9-16,20,26,36H,5-8,17H2,1-4H3. The summed E-state index contributed by atoms with van der Waals surface area (Å²) in [5.41, 5.74) is 1.70. The summed E-state index contributed by atoms with van der Waals surface area (Å²) in [6.45, 7) is 7.69. The van der Waals surface area contributed by atoms with Crippen molar-refractivity contribution in [3.8, 4) is 0 Å². The van der Waals surface area contributed by atoms with Crippen LogP contribution in [-0.4, -0.2) is 11.6 Å². The molecule has 0 radical (unpaired) electrons. The van der Waals surface area contributed by atoms with E-state index in [0.29, 0.717) is 28.1 Å². The Morgan fingerprint density at radius 2 is 1.47 bits per heavy atom. The van der Waals surface area contributed by atoms with Crippen LogP contribution in [0.4, 0.5) is 17.6 Å². The molecule has 0 aromatic heterocycles. The average Bonchev–Trinajstić information content (AvgIpc) is 3.37. The molecule has 1 N–H and O–H groups in total. The smallest absolute Gasteiger partial charge is 0.362 e. The monoisotopic (exact) mass is 527 g/mol. The molecular formula is C31H33F4NO2. The minimum atomic E-state index is -4.52. The fraction of sp³-hybridized carbons (Fsp3) is 0.419. The summed E-state index contributed by atoms with van der Waals surface area (Å²) in [5.74, 6) is -1.71. The maximum Gasteiger partial charge on any atom is 0.416 e. The summed E-state index contributed by atoms with van der Waals surface area (Å²) in [4.78, 5) is 27.9. The van der Waals surface area contributed by atoms with Crippen LogP contribution >= 0.6 is 0 Å². The molecule has 0 amide bonds. The molecule has 0 saturated heterocycles. The first-order valence-corrected chi connectivity index (χ1v) is 13.0. The number of hydrogen-bond acceptors (Lipinski definition) is 3. The van der Waals surface area contributed by atoms with Gasteiger partial charge in [0.25, 0.3) is 0 Å². The first kappa shape index (κ1) is 27.8. The predicted octanol–water partition coefficient (Wildman–Crippen LogP) is 8.14. The van der Waals surface area contributed by atoms with Crippen molar-refractivity contribution in [2.24, 2.45) is 11.3 Å². The van der Waals surface area contributed by atoms with Gasteiger partial charge in [-0.1, -0.05) is 57.9 Å². The Bertz CT molecular complexity index is 1270. The molecule has 1 heterocycles. The van der Waals surface area contributed by atoms with E-state index in [1.54, 1.807) is 12.1 Å². The minimum absolute atomic E-state index is 0.0561. The number of rotatable bonds is 6. The number of Topliss-reactive ketones (excluding diaryl/α,β-unsaturated/α-hetero) is 2. The number of alkyl halides is 3.